The standard InChI is InChI=1S/C12H15BF4NO2.K/c1-18-4-5-19-10(7-18)8-20-12-3-2-9(14)6-11(12)13(15,16)17;/h2-3,6,10H,4-5,7-8H2,1H3;/q-1;+1. The average Bonchev–Trinajstić information content (AvgIpc) is 2.36. The molecule has 1 aromatic carbocycles. The molecule has 1 atom stereocenters. The molecule has 3 nitrogen and oxygen atoms in total. The van der Waals surface area contributed by atoms with E-state index in [0.717, 1.165) is 18.7 Å². The van der Waals surface area contributed by atoms with Gasteiger partial charge in [0.25, 0.3) is 0 Å². The second-order valence-electron chi connectivity index (χ2n) is 4.82. The van der Waals surface area contributed by atoms with E-state index >= 15 is 0 Å². The first kappa shape index (κ1) is 19.4. The summed E-state index contributed by atoms with van der Waals surface area (Å²) in [6.07, 6.45) is -0.285. The number of hydrogen-bond acceptors (Lipinski definition) is 3. The normalized spacial score (nSPS) is 20.0. The largest absolute Gasteiger partial charge is 1.00 e. The van der Waals surface area contributed by atoms with E-state index in [2.05, 4.69) is 0 Å². The molecule has 0 saturated carbocycles. The van der Waals surface area contributed by atoms with Gasteiger partial charge in [0.05, 0.1) is 12.4 Å². The van der Waals surface area contributed by atoms with E-state index in [0.29, 0.717) is 19.2 Å². The smallest absolute Gasteiger partial charge is 0.494 e. The SMILES string of the molecule is CN1CCOC(COc2ccc(F)cc2[B-](F)(F)F)C1.[K+]. The second-order valence-corrected chi connectivity index (χ2v) is 4.82. The van der Waals surface area contributed by atoms with Crippen LogP contribution in [0.1, 0.15) is 0 Å². The Balaban J connectivity index is 0.00000220. The first-order chi connectivity index (χ1) is 9.36. The number of hydrogen-bond donors (Lipinski definition) is 0. The maximum Gasteiger partial charge on any atom is 1.00 e. The molecule has 21 heavy (non-hydrogen) atoms. The Morgan fingerprint density at radius 2 is 2.10 bits per heavy atom. The van der Waals surface area contributed by atoms with E-state index in [4.69, 9.17) is 9.47 Å². The molecule has 1 aliphatic heterocycles. The molecule has 0 aromatic heterocycles. The fraction of sp³-hybridized carbons (Fsp3) is 0.500. The van der Waals surface area contributed by atoms with Gasteiger partial charge in [0, 0.05) is 13.1 Å². The van der Waals surface area contributed by atoms with Crippen LogP contribution in [-0.4, -0.2) is 51.3 Å². The summed E-state index contributed by atoms with van der Waals surface area (Å²) in [5.41, 5.74) is -1.05. The topological polar surface area (TPSA) is 21.7 Å². The zero-order valence-electron chi connectivity index (χ0n) is 12.0. The number of rotatable bonds is 4. The van der Waals surface area contributed by atoms with Crippen molar-refractivity contribution in [3.05, 3.63) is 24.0 Å². The minimum absolute atomic E-state index is 0. The summed E-state index contributed by atoms with van der Waals surface area (Å²) >= 11 is 0. The molecule has 0 N–H and O–H groups in total. The molecular formula is C12H15BF4KNO2. The molecule has 0 bridgehead atoms. The fourth-order valence-electron chi connectivity index (χ4n) is 2.06. The predicted molar refractivity (Wildman–Crippen MR) is 67.8 cm³/mol. The van der Waals surface area contributed by atoms with Gasteiger partial charge in [0.1, 0.15) is 18.5 Å². The third kappa shape index (κ3) is 5.81. The Hall–Kier alpha value is 0.361. The zero-order valence-corrected chi connectivity index (χ0v) is 15.1. The van der Waals surface area contributed by atoms with Gasteiger partial charge >= 0.3 is 58.4 Å². The molecule has 0 radical (unpaired) electrons. The summed E-state index contributed by atoms with van der Waals surface area (Å²) < 4.78 is 62.0. The molecule has 1 unspecified atom stereocenters. The third-order valence-corrected chi connectivity index (χ3v) is 3.09. The summed E-state index contributed by atoms with van der Waals surface area (Å²) in [6.45, 7) is -3.42. The van der Waals surface area contributed by atoms with E-state index in [1.54, 1.807) is 0 Å². The number of nitrogens with zero attached hydrogens (tertiary/aromatic N) is 1. The van der Waals surface area contributed by atoms with Gasteiger partial charge in [0.2, 0.25) is 0 Å². The second kappa shape index (κ2) is 8.28. The number of morpholine rings is 1. The molecule has 0 spiro atoms. The van der Waals surface area contributed by atoms with Gasteiger partial charge in [-0.1, -0.05) is 5.46 Å². The first-order valence-electron chi connectivity index (χ1n) is 6.28. The molecule has 0 aliphatic carbocycles. The number of ether oxygens (including phenoxy) is 2. The molecule has 1 aromatic rings. The van der Waals surface area contributed by atoms with Crippen LogP contribution < -0.4 is 61.6 Å². The van der Waals surface area contributed by atoms with Crippen molar-refractivity contribution in [2.75, 3.05) is 33.4 Å². The van der Waals surface area contributed by atoms with Crippen molar-refractivity contribution in [2.45, 2.75) is 6.10 Å². The van der Waals surface area contributed by atoms with Gasteiger partial charge in [-0.3, -0.25) is 0 Å². The van der Waals surface area contributed by atoms with E-state index < -0.39 is 18.3 Å². The summed E-state index contributed by atoms with van der Waals surface area (Å²) in [5.74, 6) is -1.28. The molecular weight excluding hydrogens is 316 g/mol. The molecule has 2 rings (SSSR count). The number of benzene rings is 1. The van der Waals surface area contributed by atoms with Crippen molar-refractivity contribution >= 4 is 12.4 Å². The fourth-order valence-corrected chi connectivity index (χ4v) is 2.06. The number of halogens is 4. The summed E-state index contributed by atoms with van der Waals surface area (Å²) in [5, 5.41) is 0. The van der Waals surface area contributed by atoms with Crippen LogP contribution in [0, 0.1) is 5.82 Å². The van der Waals surface area contributed by atoms with Crippen molar-refractivity contribution in [2.24, 2.45) is 0 Å². The Bertz CT molecular complexity index is 475. The zero-order chi connectivity index (χ0) is 14.8. The van der Waals surface area contributed by atoms with Gasteiger partial charge in [-0.2, -0.15) is 0 Å². The van der Waals surface area contributed by atoms with Crippen molar-refractivity contribution in [1.82, 2.24) is 4.90 Å². The Kier molecular flexibility index (Phi) is 7.65. The van der Waals surface area contributed by atoms with Crippen LogP contribution in [0.25, 0.3) is 0 Å². The van der Waals surface area contributed by atoms with Crippen molar-refractivity contribution in [3.8, 4) is 5.75 Å². The summed E-state index contributed by atoms with van der Waals surface area (Å²) in [6, 6.07) is 2.42. The van der Waals surface area contributed by atoms with Crippen molar-refractivity contribution in [1.29, 1.82) is 0 Å². The summed E-state index contributed by atoms with van der Waals surface area (Å²) in [7, 11) is 1.90. The third-order valence-electron chi connectivity index (χ3n) is 3.09. The molecule has 9 heteroatoms. The van der Waals surface area contributed by atoms with Gasteiger partial charge in [-0.15, -0.1) is 0 Å². The van der Waals surface area contributed by atoms with Crippen LogP contribution in [0.4, 0.5) is 17.3 Å². The van der Waals surface area contributed by atoms with Crippen LogP contribution in [0.3, 0.4) is 0 Å². The van der Waals surface area contributed by atoms with E-state index in [1.165, 1.54) is 0 Å². The average molecular weight is 331 g/mol. The Labute approximate surface area is 163 Å². The molecule has 0 amide bonds. The van der Waals surface area contributed by atoms with E-state index in [9.17, 15) is 17.3 Å². The minimum atomic E-state index is -5.31. The molecule has 1 aliphatic rings. The molecule has 1 heterocycles. The van der Waals surface area contributed by atoms with Crippen LogP contribution in [0.5, 0.6) is 5.75 Å². The van der Waals surface area contributed by atoms with Crippen molar-refractivity contribution in [3.63, 3.8) is 0 Å². The van der Waals surface area contributed by atoms with Crippen LogP contribution >= 0.6 is 0 Å². The number of likely N-dealkylation sites (N-methyl/N-ethyl adjacent to an activating group) is 1. The van der Waals surface area contributed by atoms with Crippen LogP contribution in [-0.2, 0) is 4.74 Å². The van der Waals surface area contributed by atoms with Gasteiger partial charge in [0.15, 0.2) is 0 Å². The minimum Gasteiger partial charge on any atom is -0.494 e. The first-order valence-corrected chi connectivity index (χ1v) is 6.28. The van der Waals surface area contributed by atoms with Gasteiger partial charge < -0.3 is 27.3 Å². The van der Waals surface area contributed by atoms with Crippen LogP contribution in [0.2, 0.25) is 0 Å². The Morgan fingerprint density at radius 3 is 2.71 bits per heavy atom. The van der Waals surface area contributed by atoms with Crippen LogP contribution in [0.15, 0.2) is 18.2 Å². The van der Waals surface area contributed by atoms with Gasteiger partial charge in [-0.05, 0) is 25.2 Å². The molecule has 1 saturated heterocycles. The quantitative estimate of drug-likeness (QED) is 0.500. The maximum atomic E-state index is 12.9. The van der Waals surface area contributed by atoms with Crippen molar-refractivity contribution < 1.29 is 78.2 Å². The maximum absolute atomic E-state index is 12.9. The van der Waals surface area contributed by atoms with E-state index in [-0.39, 0.29) is 69.8 Å². The molecule has 1 fully saturated rings. The monoisotopic (exact) mass is 331 g/mol. The van der Waals surface area contributed by atoms with E-state index in [1.807, 2.05) is 11.9 Å². The Morgan fingerprint density at radius 1 is 1.38 bits per heavy atom. The van der Waals surface area contributed by atoms with Gasteiger partial charge in [-0.25, -0.2) is 4.39 Å². The predicted octanol–water partition coefficient (Wildman–Crippen LogP) is -1.41. The molecule has 112 valence electrons. The summed E-state index contributed by atoms with van der Waals surface area (Å²) in [4.78, 5) is 2.01.